The van der Waals surface area contributed by atoms with Crippen molar-refractivity contribution in [1.82, 2.24) is 0 Å². The fourth-order valence-electron chi connectivity index (χ4n) is 3.88. The Labute approximate surface area is 191 Å². The molecule has 1 aromatic rings. The first-order valence-electron chi connectivity index (χ1n) is 9.12. The fraction of sp³-hybridized carbons (Fsp3) is 0.333. The Morgan fingerprint density at radius 2 is 1.61 bits per heavy atom. The molecule has 1 atom stereocenters. The van der Waals surface area contributed by atoms with Crippen LogP contribution in [0.2, 0.25) is 0 Å². The number of benzene rings is 1. The van der Waals surface area contributed by atoms with Crippen LogP contribution in [0.5, 0.6) is 0 Å². The molecule has 3 rings (SSSR count). The molecule has 1 aromatic carbocycles. The fourth-order valence-corrected chi connectivity index (χ4v) is 39.0. The van der Waals surface area contributed by atoms with Gasteiger partial charge in [0.1, 0.15) is 0 Å². The predicted molar refractivity (Wildman–Crippen MR) is 109 cm³/mol. The smallest absolute Gasteiger partial charge is 1.00 e. The van der Waals surface area contributed by atoms with Gasteiger partial charge in [0.2, 0.25) is 0 Å². The summed E-state index contributed by atoms with van der Waals surface area (Å²) in [5.74, 6) is -0.826. The van der Waals surface area contributed by atoms with E-state index in [1.807, 2.05) is 19.1 Å². The van der Waals surface area contributed by atoms with E-state index in [4.69, 9.17) is 0 Å². The van der Waals surface area contributed by atoms with Gasteiger partial charge >= 0.3 is 168 Å². The van der Waals surface area contributed by atoms with Gasteiger partial charge in [0.05, 0.1) is 0 Å². The van der Waals surface area contributed by atoms with Crippen molar-refractivity contribution in [2.75, 3.05) is 0 Å². The molecule has 28 heavy (non-hydrogen) atoms. The first-order valence-corrected chi connectivity index (χ1v) is 20.9. The average molecular weight is 534 g/mol. The molecule has 0 amide bonds. The zero-order chi connectivity index (χ0) is 19.1. The summed E-state index contributed by atoms with van der Waals surface area (Å²) in [7, 11) is -3.13. The van der Waals surface area contributed by atoms with Crippen LogP contribution < -0.4 is 24.8 Å². The molecule has 7 heteroatoms. The zero-order valence-electron chi connectivity index (χ0n) is 17.0. The van der Waals surface area contributed by atoms with Crippen molar-refractivity contribution in [1.29, 1.82) is 0 Å². The van der Waals surface area contributed by atoms with Gasteiger partial charge in [-0.25, -0.2) is 0 Å². The second kappa shape index (κ2) is 10.2. The molecule has 151 valence electrons. The maximum Gasteiger partial charge on any atom is -1.00 e. The molecule has 2 aliphatic carbocycles. The van der Waals surface area contributed by atoms with Crippen molar-refractivity contribution < 1.29 is 54.1 Å². The third-order valence-corrected chi connectivity index (χ3v) is 36.6. The molecule has 0 fully saturated rings. The van der Waals surface area contributed by atoms with Crippen molar-refractivity contribution >= 4 is 15.1 Å². The molecule has 1 unspecified atom stereocenters. The van der Waals surface area contributed by atoms with Gasteiger partial charge in [-0.3, -0.25) is 0 Å². The normalized spacial score (nSPS) is 19.2. The first kappa shape index (κ1) is 25.8. The standard InChI is InChI=1S/C9H13.C7H9O2SSi.C5H5.2ClH.Zr/c1-6-5-7(2)9(4)8(6)3;1-6-2-4-7(5-3-6)10(8,9)11;1-2-4-5-3-1;;;/h6H,1-4H3;2-5H,11H2,1H3;1-3H,4H2;2*1H;/q;;;;;+2/p-2. The number of hydrogen-bond donors (Lipinski definition) is 0. The van der Waals surface area contributed by atoms with E-state index in [9.17, 15) is 8.42 Å². The Kier molecular flexibility index (Phi) is 9.43. The van der Waals surface area contributed by atoms with Crippen LogP contribution in [0.25, 0.3) is 0 Å². The van der Waals surface area contributed by atoms with Crippen molar-refractivity contribution in [3.63, 3.8) is 0 Å². The Balaban J connectivity index is 0.00000196. The molecule has 0 aliphatic heterocycles. The van der Waals surface area contributed by atoms with Crippen LogP contribution in [0.1, 0.15) is 39.7 Å². The van der Waals surface area contributed by atoms with Gasteiger partial charge in [-0.1, -0.05) is 0 Å². The van der Waals surface area contributed by atoms with E-state index < -0.39 is 36.0 Å². The minimum atomic E-state index is -3.13. The molecule has 0 N–H and O–H groups in total. The number of allylic oxidation sites excluding steroid dienone is 8. The molecular weight excluding hydrogens is 507 g/mol. The maximum absolute atomic E-state index is 13.3. The molecule has 0 heterocycles. The zero-order valence-corrected chi connectivity index (χ0v) is 23.2. The van der Waals surface area contributed by atoms with Crippen molar-refractivity contribution in [2.24, 2.45) is 5.92 Å². The molecular formula is C21H27Cl2O2SSiZr. The van der Waals surface area contributed by atoms with Gasteiger partial charge in [-0.05, 0) is 0 Å². The van der Waals surface area contributed by atoms with E-state index in [0.29, 0.717) is 10.8 Å². The SMILES string of the molecule is CC1=C(C)C(C)[C]([Zr+2]([SiH2]S(=O)(=O)c2ccc(C)cc2)[C]2=CC=CC2)=C1C.[Cl-].[Cl-]. The van der Waals surface area contributed by atoms with Crippen molar-refractivity contribution in [3.8, 4) is 0 Å². The van der Waals surface area contributed by atoms with Crippen LogP contribution in [0.4, 0.5) is 0 Å². The molecule has 0 saturated carbocycles. The van der Waals surface area contributed by atoms with Gasteiger partial charge in [0.15, 0.2) is 0 Å². The largest absolute Gasteiger partial charge is 1.00 e. The molecule has 0 aromatic heterocycles. The summed E-state index contributed by atoms with van der Waals surface area (Å²) in [5.41, 5.74) is 5.32. The second-order valence-electron chi connectivity index (χ2n) is 7.44. The summed E-state index contributed by atoms with van der Waals surface area (Å²) >= 11 is -2.37. The average Bonchev–Trinajstić information content (AvgIpc) is 3.19. The number of hydrogen-bond acceptors (Lipinski definition) is 2. The summed E-state index contributed by atoms with van der Waals surface area (Å²) in [6.07, 6.45) is 7.49. The summed E-state index contributed by atoms with van der Waals surface area (Å²) in [4.78, 5) is 0.532. The second-order valence-corrected chi connectivity index (χ2v) is 28.4. The topological polar surface area (TPSA) is 34.1 Å². The van der Waals surface area contributed by atoms with E-state index in [1.165, 1.54) is 20.0 Å². The van der Waals surface area contributed by atoms with Crippen LogP contribution in [-0.2, 0) is 30.2 Å². The van der Waals surface area contributed by atoms with Crippen molar-refractivity contribution in [3.05, 3.63) is 71.3 Å². The van der Waals surface area contributed by atoms with Crippen LogP contribution in [0, 0.1) is 12.8 Å². The Morgan fingerprint density at radius 1 is 1.00 bits per heavy atom. The monoisotopic (exact) mass is 531 g/mol. The predicted octanol–water partition coefficient (Wildman–Crippen LogP) is -1.50. The first-order chi connectivity index (χ1) is 12.2. The quantitative estimate of drug-likeness (QED) is 0.432. The summed E-state index contributed by atoms with van der Waals surface area (Å²) in [6.45, 7) is 10.9. The van der Waals surface area contributed by atoms with Gasteiger partial charge in [0.25, 0.3) is 0 Å². The summed E-state index contributed by atoms with van der Waals surface area (Å²) in [6, 6.07) is 7.43. The molecule has 2 aliphatic rings. The van der Waals surface area contributed by atoms with Crippen LogP contribution >= 0.6 is 0 Å². The van der Waals surface area contributed by atoms with Crippen molar-refractivity contribution in [2.45, 2.75) is 45.9 Å². The van der Waals surface area contributed by atoms with Gasteiger partial charge < -0.3 is 24.8 Å². The van der Waals surface area contributed by atoms with E-state index in [0.717, 1.165) is 12.0 Å². The third kappa shape index (κ3) is 5.10. The Morgan fingerprint density at radius 3 is 2.07 bits per heavy atom. The maximum atomic E-state index is 13.3. The van der Waals surface area contributed by atoms with E-state index in [1.54, 1.807) is 15.4 Å². The number of halogens is 2. The van der Waals surface area contributed by atoms with Crippen LogP contribution in [-0.4, -0.2) is 14.2 Å². The summed E-state index contributed by atoms with van der Waals surface area (Å²) < 4.78 is 29.6. The van der Waals surface area contributed by atoms with Gasteiger partial charge in [0, 0.05) is 0 Å². The minimum absolute atomic E-state index is 0. The van der Waals surface area contributed by atoms with E-state index >= 15 is 0 Å². The Bertz CT molecular complexity index is 961. The number of aryl methyl sites for hydroxylation is 1. The molecule has 2 nitrogen and oxygen atoms in total. The Hall–Kier alpha value is -0.190. The number of rotatable bonds is 5. The molecule has 0 spiro atoms. The van der Waals surface area contributed by atoms with Gasteiger partial charge in [-0.15, -0.1) is 0 Å². The molecule has 0 bridgehead atoms. The molecule has 0 radical (unpaired) electrons. The van der Waals surface area contributed by atoms with E-state index in [2.05, 4.69) is 45.9 Å². The molecule has 0 saturated heterocycles. The minimum Gasteiger partial charge on any atom is -1.00 e. The third-order valence-electron chi connectivity index (χ3n) is 5.84. The van der Waals surface area contributed by atoms with E-state index in [-0.39, 0.29) is 24.8 Å². The summed E-state index contributed by atoms with van der Waals surface area (Å²) in [5, 5.41) is 0. The van der Waals surface area contributed by atoms with Crippen LogP contribution in [0.3, 0.4) is 0 Å². The van der Waals surface area contributed by atoms with Gasteiger partial charge in [-0.2, -0.15) is 0 Å². The van der Waals surface area contributed by atoms with Crippen LogP contribution in [0.15, 0.2) is 70.7 Å².